The highest BCUT2D eigenvalue weighted by molar-refractivity contribution is 7.90. The van der Waals surface area contributed by atoms with E-state index in [2.05, 4.69) is 5.32 Å². The molecule has 0 fully saturated rings. The molecule has 8 heteroatoms. The number of nitrogens with zero attached hydrogens (tertiary/aromatic N) is 1. The van der Waals surface area contributed by atoms with E-state index in [-0.39, 0.29) is 5.56 Å². The monoisotopic (exact) mass is 370 g/mol. The zero-order chi connectivity index (χ0) is 18.9. The maximum absolute atomic E-state index is 12.5. The van der Waals surface area contributed by atoms with E-state index >= 15 is 0 Å². The second kappa shape index (κ2) is 6.57. The number of nitrogens with one attached hydrogen (secondary N) is 1. The third-order valence-corrected chi connectivity index (χ3v) is 5.00. The average Bonchev–Trinajstić information content (AvgIpc) is 2.60. The van der Waals surface area contributed by atoms with Gasteiger partial charge in [0.25, 0.3) is 11.6 Å². The van der Waals surface area contributed by atoms with E-state index in [9.17, 15) is 23.3 Å². The number of rotatable bonds is 4. The molecule has 1 N–H and O–H groups in total. The fraction of sp³-hybridized carbons (Fsp3) is 0.0556. The van der Waals surface area contributed by atoms with Crippen molar-refractivity contribution >= 4 is 37.9 Å². The molecule has 7 nitrogen and oxygen atoms in total. The lowest BCUT2D eigenvalue weighted by Gasteiger charge is -2.09. The minimum Gasteiger partial charge on any atom is -0.321 e. The van der Waals surface area contributed by atoms with Gasteiger partial charge in [-0.2, -0.15) is 0 Å². The van der Waals surface area contributed by atoms with Crippen molar-refractivity contribution in [3.8, 4) is 0 Å². The molecular weight excluding hydrogens is 356 g/mol. The fourth-order valence-electron chi connectivity index (χ4n) is 2.64. The summed E-state index contributed by atoms with van der Waals surface area (Å²) < 4.78 is 23.3. The van der Waals surface area contributed by atoms with E-state index in [4.69, 9.17) is 0 Å². The first-order valence-corrected chi connectivity index (χ1v) is 9.44. The first kappa shape index (κ1) is 17.6. The van der Waals surface area contributed by atoms with Gasteiger partial charge in [0.2, 0.25) is 0 Å². The van der Waals surface area contributed by atoms with Crippen LogP contribution in [0.2, 0.25) is 0 Å². The lowest BCUT2D eigenvalue weighted by molar-refractivity contribution is -0.387. The molecule has 3 rings (SSSR count). The molecule has 0 heterocycles. The molecule has 132 valence electrons. The summed E-state index contributed by atoms with van der Waals surface area (Å²) in [4.78, 5) is 22.5. The van der Waals surface area contributed by atoms with Gasteiger partial charge in [-0.25, -0.2) is 8.42 Å². The van der Waals surface area contributed by atoms with Crippen LogP contribution < -0.4 is 5.32 Å². The second-order valence-electron chi connectivity index (χ2n) is 5.69. The average molecular weight is 370 g/mol. The van der Waals surface area contributed by atoms with E-state index in [0.29, 0.717) is 5.69 Å². The van der Waals surface area contributed by atoms with Crippen LogP contribution >= 0.6 is 0 Å². The number of hydrogen-bond donors (Lipinski definition) is 1. The molecule has 26 heavy (non-hydrogen) atoms. The normalized spacial score (nSPS) is 11.3. The fourth-order valence-corrected chi connectivity index (χ4v) is 3.47. The number of benzene rings is 3. The summed E-state index contributed by atoms with van der Waals surface area (Å²) in [7, 11) is -3.78. The van der Waals surface area contributed by atoms with Gasteiger partial charge in [-0.3, -0.25) is 14.9 Å². The molecule has 3 aromatic rings. The maximum atomic E-state index is 12.5. The van der Waals surface area contributed by atoms with Crippen molar-refractivity contribution in [1.29, 1.82) is 0 Å². The molecule has 0 aliphatic rings. The van der Waals surface area contributed by atoms with Crippen molar-refractivity contribution in [3.05, 3.63) is 76.3 Å². The van der Waals surface area contributed by atoms with Gasteiger partial charge in [-0.05, 0) is 23.6 Å². The molecule has 0 aromatic heterocycles. The predicted molar refractivity (Wildman–Crippen MR) is 98.1 cm³/mol. The smallest absolute Gasteiger partial charge is 0.288 e. The summed E-state index contributed by atoms with van der Waals surface area (Å²) in [5.74, 6) is -0.565. The SMILES string of the molecule is CS(=O)(=O)c1ccc(C(=O)Nc2cccc3ccccc23)cc1[N+](=O)[O-]. The molecule has 0 aliphatic heterocycles. The summed E-state index contributed by atoms with van der Waals surface area (Å²) in [6, 6.07) is 16.2. The van der Waals surface area contributed by atoms with Crippen LogP contribution in [-0.4, -0.2) is 25.5 Å². The number of anilines is 1. The van der Waals surface area contributed by atoms with Gasteiger partial charge in [0.15, 0.2) is 9.84 Å². The Morgan fingerprint density at radius 2 is 1.73 bits per heavy atom. The quantitative estimate of drug-likeness (QED) is 0.559. The van der Waals surface area contributed by atoms with Crippen molar-refractivity contribution in [1.82, 2.24) is 0 Å². The molecule has 0 saturated heterocycles. The van der Waals surface area contributed by atoms with Crippen LogP contribution in [0.3, 0.4) is 0 Å². The van der Waals surface area contributed by atoms with Gasteiger partial charge in [0.05, 0.1) is 4.92 Å². The Balaban J connectivity index is 2.00. The Morgan fingerprint density at radius 1 is 1.04 bits per heavy atom. The maximum Gasteiger partial charge on any atom is 0.288 e. The number of carbonyl (C=O) groups is 1. The largest absolute Gasteiger partial charge is 0.321 e. The third-order valence-electron chi connectivity index (χ3n) is 3.86. The van der Waals surface area contributed by atoms with E-state index in [1.165, 1.54) is 6.07 Å². The van der Waals surface area contributed by atoms with Crippen molar-refractivity contribution in [2.45, 2.75) is 4.90 Å². The van der Waals surface area contributed by atoms with Crippen LogP contribution in [0, 0.1) is 10.1 Å². The predicted octanol–water partition coefficient (Wildman–Crippen LogP) is 3.40. The van der Waals surface area contributed by atoms with E-state index in [1.54, 1.807) is 12.1 Å². The molecule has 1 amide bonds. The van der Waals surface area contributed by atoms with Gasteiger partial charge in [0.1, 0.15) is 4.90 Å². The Morgan fingerprint density at radius 3 is 2.42 bits per heavy atom. The zero-order valence-corrected chi connectivity index (χ0v) is 14.5. The van der Waals surface area contributed by atoms with Crippen LogP contribution in [0.25, 0.3) is 10.8 Å². The number of amides is 1. The number of carbonyl (C=O) groups excluding carboxylic acids is 1. The third kappa shape index (κ3) is 3.40. The van der Waals surface area contributed by atoms with Crippen molar-refractivity contribution in [2.24, 2.45) is 0 Å². The number of fused-ring (bicyclic) bond motifs is 1. The van der Waals surface area contributed by atoms with E-state index in [0.717, 1.165) is 29.2 Å². The van der Waals surface area contributed by atoms with Crippen molar-refractivity contribution < 1.29 is 18.1 Å². The molecule has 0 bridgehead atoms. The molecule has 0 radical (unpaired) electrons. The highest BCUT2D eigenvalue weighted by Gasteiger charge is 2.24. The van der Waals surface area contributed by atoms with Crippen molar-refractivity contribution in [3.63, 3.8) is 0 Å². The van der Waals surface area contributed by atoms with Gasteiger partial charge < -0.3 is 5.32 Å². The van der Waals surface area contributed by atoms with Gasteiger partial charge >= 0.3 is 0 Å². The molecule has 0 aliphatic carbocycles. The molecule has 0 spiro atoms. The van der Waals surface area contributed by atoms with Gasteiger partial charge in [-0.15, -0.1) is 0 Å². The lowest BCUT2D eigenvalue weighted by atomic mass is 10.1. The minimum atomic E-state index is -3.78. The molecule has 3 aromatic carbocycles. The lowest BCUT2D eigenvalue weighted by Crippen LogP contribution is -2.13. The summed E-state index contributed by atoms with van der Waals surface area (Å²) in [6.07, 6.45) is 0.880. The number of hydrogen-bond acceptors (Lipinski definition) is 5. The Labute approximate surface area is 149 Å². The number of nitro groups is 1. The van der Waals surface area contributed by atoms with E-state index < -0.39 is 31.3 Å². The van der Waals surface area contributed by atoms with Crippen LogP contribution in [0.1, 0.15) is 10.4 Å². The van der Waals surface area contributed by atoms with Crippen molar-refractivity contribution in [2.75, 3.05) is 11.6 Å². The van der Waals surface area contributed by atoms with Crippen LogP contribution in [0.4, 0.5) is 11.4 Å². The summed E-state index contributed by atoms with van der Waals surface area (Å²) in [5, 5.41) is 15.7. The number of sulfone groups is 1. The summed E-state index contributed by atoms with van der Waals surface area (Å²) in [6.45, 7) is 0. The standard InChI is InChI=1S/C18H14N2O5S/c1-26(24,25)17-10-9-13(11-16(17)20(22)23)18(21)19-15-8-4-6-12-5-2-3-7-14(12)15/h2-11H,1H3,(H,19,21). The number of nitro benzene ring substituents is 1. The van der Waals surface area contributed by atoms with Crippen LogP contribution in [-0.2, 0) is 9.84 Å². The summed E-state index contributed by atoms with van der Waals surface area (Å²) in [5.41, 5.74) is -0.0713. The van der Waals surface area contributed by atoms with Crippen LogP contribution in [0.5, 0.6) is 0 Å². The van der Waals surface area contributed by atoms with Crippen LogP contribution in [0.15, 0.2) is 65.6 Å². The topological polar surface area (TPSA) is 106 Å². The van der Waals surface area contributed by atoms with Gasteiger partial charge in [-0.1, -0.05) is 36.4 Å². The zero-order valence-electron chi connectivity index (χ0n) is 13.7. The second-order valence-corrected chi connectivity index (χ2v) is 7.68. The van der Waals surface area contributed by atoms with Gasteiger partial charge in [0, 0.05) is 29.0 Å². The first-order chi connectivity index (χ1) is 12.3. The molecular formula is C18H14N2O5S. The highest BCUT2D eigenvalue weighted by atomic mass is 32.2. The molecule has 0 saturated carbocycles. The Bertz CT molecular complexity index is 1130. The Kier molecular flexibility index (Phi) is 4.43. The summed E-state index contributed by atoms with van der Waals surface area (Å²) >= 11 is 0. The minimum absolute atomic E-state index is 0.00275. The van der Waals surface area contributed by atoms with E-state index in [1.807, 2.05) is 30.3 Å². The molecule has 0 atom stereocenters. The highest BCUT2D eigenvalue weighted by Crippen LogP contribution is 2.27. The molecule has 0 unspecified atom stereocenters. The first-order valence-electron chi connectivity index (χ1n) is 7.55. The Hall–Kier alpha value is -3.26.